The maximum Gasteiger partial charge on any atom is 0.259 e. The third-order valence-electron chi connectivity index (χ3n) is 3.82. The Labute approximate surface area is 125 Å². The van der Waals surface area contributed by atoms with Gasteiger partial charge in [0.15, 0.2) is 5.03 Å². The number of piperidine rings is 1. The van der Waals surface area contributed by atoms with Gasteiger partial charge in [0, 0.05) is 38.8 Å². The molecule has 7 nitrogen and oxygen atoms in total. The third-order valence-corrected chi connectivity index (χ3v) is 5.12. The van der Waals surface area contributed by atoms with Crippen LogP contribution in [0.1, 0.15) is 32.0 Å². The number of likely N-dealkylation sites (tertiary alicyclic amines) is 1. The predicted octanol–water partition coefficient (Wildman–Crippen LogP) is 0.408. The fourth-order valence-corrected chi connectivity index (χ4v) is 3.52. The van der Waals surface area contributed by atoms with Gasteiger partial charge in [-0.2, -0.15) is 0 Å². The molecular weight excluding hydrogens is 292 g/mol. The molecule has 1 atom stereocenters. The van der Waals surface area contributed by atoms with Gasteiger partial charge in [-0.15, -0.1) is 0 Å². The first kappa shape index (κ1) is 16.0. The summed E-state index contributed by atoms with van der Waals surface area (Å²) in [6.07, 6.45) is 3.92. The predicted molar refractivity (Wildman–Crippen MR) is 78.2 cm³/mol. The monoisotopic (exact) mass is 314 g/mol. The minimum atomic E-state index is -3.63. The van der Waals surface area contributed by atoms with Crippen LogP contribution in [0.15, 0.2) is 11.2 Å². The maximum absolute atomic E-state index is 12.2. The Morgan fingerprint density at radius 1 is 1.43 bits per heavy atom. The summed E-state index contributed by atoms with van der Waals surface area (Å²) in [6.45, 7) is 4.50. The molecule has 1 N–H and O–H groups in total. The van der Waals surface area contributed by atoms with Crippen molar-refractivity contribution >= 4 is 15.9 Å². The quantitative estimate of drug-likeness (QED) is 0.853. The normalized spacial score (nSPS) is 18.0. The first-order chi connectivity index (χ1) is 9.81. The highest BCUT2D eigenvalue weighted by Crippen LogP contribution is 2.14. The van der Waals surface area contributed by atoms with Crippen molar-refractivity contribution in [2.45, 2.75) is 44.2 Å². The number of carbonyl (C=O) groups excluding carboxylic acids is 1. The van der Waals surface area contributed by atoms with E-state index in [1.54, 1.807) is 23.4 Å². The second-order valence-electron chi connectivity index (χ2n) is 5.48. The van der Waals surface area contributed by atoms with Crippen LogP contribution >= 0.6 is 0 Å². The summed E-state index contributed by atoms with van der Waals surface area (Å²) in [7, 11) is -1.89. The number of rotatable bonds is 5. The largest absolute Gasteiger partial charge is 0.339 e. The van der Waals surface area contributed by atoms with Gasteiger partial charge >= 0.3 is 0 Å². The standard InChI is InChI=1S/C13H22N4O3S/c1-10(17-7-5-4-6-13(17)18)8-14-21(19,20)12-9-16(3)11(2)15-12/h9-10,14H,4-8H2,1-3H3/t10-/m1/s1. The van der Waals surface area contributed by atoms with Crippen molar-refractivity contribution < 1.29 is 13.2 Å². The molecule has 1 aliphatic heterocycles. The molecule has 0 aromatic carbocycles. The molecule has 0 spiro atoms. The van der Waals surface area contributed by atoms with E-state index in [1.807, 2.05) is 6.92 Å². The lowest BCUT2D eigenvalue weighted by Gasteiger charge is -2.32. The molecule has 0 radical (unpaired) electrons. The van der Waals surface area contributed by atoms with Crippen molar-refractivity contribution in [2.75, 3.05) is 13.1 Å². The molecule has 0 bridgehead atoms. The minimum absolute atomic E-state index is 0.0136. The highest BCUT2D eigenvalue weighted by Gasteiger charge is 2.25. The average molecular weight is 314 g/mol. The first-order valence-corrected chi connectivity index (χ1v) is 8.58. The highest BCUT2D eigenvalue weighted by atomic mass is 32.2. The average Bonchev–Trinajstić information content (AvgIpc) is 2.77. The second-order valence-corrected chi connectivity index (χ2v) is 7.20. The molecule has 21 heavy (non-hydrogen) atoms. The molecule has 2 heterocycles. The first-order valence-electron chi connectivity index (χ1n) is 7.10. The van der Waals surface area contributed by atoms with E-state index in [0.717, 1.165) is 12.8 Å². The molecule has 0 unspecified atom stereocenters. The molecule has 0 aliphatic carbocycles. The number of sulfonamides is 1. The zero-order chi connectivity index (χ0) is 15.6. The number of nitrogens with one attached hydrogen (secondary N) is 1. The van der Waals surface area contributed by atoms with Crippen molar-refractivity contribution in [3.05, 3.63) is 12.0 Å². The molecule has 1 aliphatic rings. The van der Waals surface area contributed by atoms with E-state index in [-0.39, 0.29) is 23.5 Å². The van der Waals surface area contributed by atoms with E-state index in [1.165, 1.54) is 6.20 Å². The van der Waals surface area contributed by atoms with E-state index in [2.05, 4.69) is 9.71 Å². The van der Waals surface area contributed by atoms with Gasteiger partial charge in [0.05, 0.1) is 0 Å². The number of aromatic nitrogens is 2. The smallest absolute Gasteiger partial charge is 0.259 e. The Balaban J connectivity index is 1.99. The van der Waals surface area contributed by atoms with Gasteiger partial charge in [-0.1, -0.05) is 0 Å². The van der Waals surface area contributed by atoms with Crippen LogP contribution in [0.5, 0.6) is 0 Å². The van der Waals surface area contributed by atoms with Crippen LogP contribution in [0.25, 0.3) is 0 Å². The van der Waals surface area contributed by atoms with E-state index >= 15 is 0 Å². The molecular formula is C13H22N4O3S. The Bertz CT molecular complexity index is 604. The van der Waals surface area contributed by atoms with Crippen molar-refractivity contribution in [1.82, 2.24) is 19.2 Å². The molecule has 1 fully saturated rings. The molecule has 2 rings (SSSR count). The summed E-state index contributed by atoms with van der Waals surface area (Å²) in [6, 6.07) is -0.155. The van der Waals surface area contributed by atoms with Crippen LogP contribution in [0.2, 0.25) is 0 Å². The number of hydrogen-bond acceptors (Lipinski definition) is 4. The lowest BCUT2D eigenvalue weighted by Crippen LogP contribution is -2.47. The lowest BCUT2D eigenvalue weighted by molar-refractivity contribution is -0.135. The van der Waals surface area contributed by atoms with Gasteiger partial charge in [-0.3, -0.25) is 4.79 Å². The fraction of sp³-hybridized carbons (Fsp3) is 0.692. The number of nitrogens with zero attached hydrogens (tertiary/aromatic N) is 3. The maximum atomic E-state index is 12.2. The Kier molecular flexibility index (Phi) is 4.67. The van der Waals surface area contributed by atoms with E-state index < -0.39 is 10.0 Å². The molecule has 1 aromatic rings. The van der Waals surface area contributed by atoms with E-state index in [4.69, 9.17) is 0 Å². The second kappa shape index (κ2) is 6.15. The summed E-state index contributed by atoms with van der Waals surface area (Å²) in [5, 5.41) is 0.0136. The number of amides is 1. The molecule has 0 saturated carbocycles. The minimum Gasteiger partial charge on any atom is -0.339 e. The van der Waals surface area contributed by atoms with Crippen molar-refractivity contribution in [1.29, 1.82) is 0 Å². The Hall–Kier alpha value is -1.41. The van der Waals surface area contributed by atoms with Crippen LogP contribution < -0.4 is 4.72 Å². The van der Waals surface area contributed by atoms with Crippen molar-refractivity contribution in [2.24, 2.45) is 7.05 Å². The fourth-order valence-electron chi connectivity index (χ4n) is 2.36. The Morgan fingerprint density at radius 2 is 2.14 bits per heavy atom. The van der Waals surface area contributed by atoms with Crippen molar-refractivity contribution in [3.8, 4) is 0 Å². The number of carbonyl (C=O) groups is 1. The number of imidazole rings is 1. The Morgan fingerprint density at radius 3 is 2.71 bits per heavy atom. The SMILES string of the molecule is Cc1nc(S(=O)(=O)NC[C@@H](C)N2CCCCC2=O)cn1C. The molecule has 118 valence electrons. The third kappa shape index (κ3) is 3.62. The summed E-state index contributed by atoms with van der Waals surface area (Å²) in [5.41, 5.74) is 0. The number of hydrogen-bond donors (Lipinski definition) is 1. The summed E-state index contributed by atoms with van der Waals surface area (Å²) in [4.78, 5) is 17.6. The molecule has 1 aromatic heterocycles. The van der Waals surface area contributed by atoms with Crippen LogP contribution in [0.3, 0.4) is 0 Å². The van der Waals surface area contributed by atoms with Crippen molar-refractivity contribution in [3.63, 3.8) is 0 Å². The van der Waals surface area contributed by atoms with E-state index in [0.29, 0.717) is 18.8 Å². The molecule has 8 heteroatoms. The summed E-state index contributed by atoms with van der Waals surface area (Å²) >= 11 is 0. The lowest BCUT2D eigenvalue weighted by atomic mass is 10.1. The zero-order valence-electron chi connectivity index (χ0n) is 12.7. The van der Waals surface area contributed by atoms with Gasteiger partial charge in [0.25, 0.3) is 10.0 Å². The molecule has 1 amide bonds. The number of aryl methyl sites for hydroxylation is 2. The van der Waals surface area contributed by atoms with Crippen LogP contribution in [0.4, 0.5) is 0 Å². The van der Waals surface area contributed by atoms with Gasteiger partial charge in [-0.25, -0.2) is 18.1 Å². The van der Waals surface area contributed by atoms with Crippen LogP contribution in [-0.2, 0) is 21.9 Å². The summed E-state index contributed by atoms with van der Waals surface area (Å²) < 4.78 is 28.5. The van der Waals surface area contributed by atoms with Gasteiger partial charge in [0.1, 0.15) is 5.82 Å². The highest BCUT2D eigenvalue weighted by molar-refractivity contribution is 7.89. The van der Waals surface area contributed by atoms with Gasteiger partial charge < -0.3 is 9.47 Å². The van der Waals surface area contributed by atoms with Gasteiger partial charge in [0.2, 0.25) is 5.91 Å². The van der Waals surface area contributed by atoms with Crippen LogP contribution in [-0.4, -0.2) is 47.9 Å². The molecule has 1 saturated heterocycles. The summed E-state index contributed by atoms with van der Waals surface area (Å²) in [5.74, 6) is 0.733. The zero-order valence-corrected chi connectivity index (χ0v) is 13.5. The topological polar surface area (TPSA) is 84.3 Å². The van der Waals surface area contributed by atoms with Gasteiger partial charge in [-0.05, 0) is 26.7 Å². The van der Waals surface area contributed by atoms with E-state index in [9.17, 15) is 13.2 Å². The van der Waals surface area contributed by atoms with Crippen LogP contribution in [0, 0.1) is 6.92 Å².